The summed E-state index contributed by atoms with van der Waals surface area (Å²) in [6, 6.07) is 10.6. The van der Waals surface area contributed by atoms with Crippen LogP contribution in [-0.4, -0.2) is 21.9 Å². The zero-order valence-corrected chi connectivity index (χ0v) is 13.5. The van der Waals surface area contributed by atoms with E-state index in [-0.39, 0.29) is 12.5 Å². The van der Waals surface area contributed by atoms with Gasteiger partial charge in [0.1, 0.15) is 11.6 Å². The van der Waals surface area contributed by atoms with E-state index >= 15 is 0 Å². The highest BCUT2D eigenvalue weighted by molar-refractivity contribution is 6.34. The number of fused-ring (bicyclic) bond motifs is 1. The van der Waals surface area contributed by atoms with Crippen LogP contribution in [0.5, 0.6) is 5.75 Å². The molecular weight excluding hydrogens is 337 g/mol. The Labute approximate surface area is 142 Å². The molecule has 0 unspecified atom stereocenters. The Balaban J connectivity index is 1.56. The molecule has 0 atom stereocenters. The fourth-order valence-electron chi connectivity index (χ4n) is 2.09. The van der Waals surface area contributed by atoms with Crippen molar-refractivity contribution in [1.29, 1.82) is 0 Å². The number of benzene rings is 1. The molecule has 0 aliphatic heterocycles. The fourth-order valence-corrected chi connectivity index (χ4v) is 2.42. The van der Waals surface area contributed by atoms with Crippen LogP contribution in [0.2, 0.25) is 10.0 Å². The van der Waals surface area contributed by atoms with E-state index in [9.17, 15) is 4.79 Å². The Morgan fingerprint density at radius 1 is 1.26 bits per heavy atom. The van der Waals surface area contributed by atoms with E-state index in [1.54, 1.807) is 24.4 Å². The van der Waals surface area contributed by atoms with Crippen LogP contribution >= 0.6 is 23.2 Å². The second-order valence-corrected chi connectivity index (χ2v) is 5.65. The van der Waals surface area contributed by atoms with Crippen molar-refractivity contribution in [2.24, 2.45) is 0 Å². The molecule has 0 radical (unpaired) electrons. The lowest BCUT2D eigenvalue weighted by atomic mass is 10.3. The second kappa shape index (κ2) is 6.89. The average molecular weight is 350 g/mol. The third-order valence-corrected chi connectivity index (χ3v) is 3.76. The number of nitrogens with one attached hydrogen (secondary N) is 1. The molecule has 3 aromatic rings. The van der Waals surface area contributed by atoms with Crippen LogP contribution in [0.4, 0.5) is 0 Å². The number of rotatable bonds is 5. The molecule has 0 spiro atoms. The van der Waals surface area contributed by atoms with E-state index < -0.39 is 0 Å². The van der Waals surface area contributed by atoms with Gasteiger partial charge in [-0.3, -0.25) is 4.79 Å². The van der Waals surface area contributed by atoms with Gasteiger partial charge in [-0.1, -0.05) is 29.3 Å². The minimum absolute atomic E-state index is 0.149. The fraction of sp³-hybridized carbons (Fsp3) is 0.125. The number of ether oxygens (including phenoxy) is 1. The maximum atomic E-state index is 11.9. The van der Waals surface area contributed by atoms with E-state index in [1.807, 2.05) is 28.8 Å². The average Bonchev–Trinajstić information content (AvgIpc) is 2.97. The Morgan fingerprint density at radius 2 is 2.13 bits per heavy atom. The molecule has 0 saturated heterocycles. The van der Waals surface area contributed by atoms with Gasteiger partial charge >= 0.3 is 0 Å². The zero-order chi connectivity index (χ0) is 16.2. The third kappa shape index (κ3) is 3.75. The summed E-state index contributed by atoms with van der Waals surface area (Å²) in [5.41, 5.74) is 0.971. The molecule has 0 aliphatic carbocycles. The number of carbonyl (C=O) groups is 1. The Bertz CT molecular complexity index is 848. The minimum Gasteiger partial charge on any atom is -0.482 e. The van der Waals surface area contributed by atoms with Crippen molar-refractivity contribution in [1.82, 2.24) is 14.7 Å². The molecule has 23 heavy (non-hydrogen) atoms. The highest BCUT2D eigenvalue weighted by Gasteiger charge is 2.08. The Hall–Kier alpha value is -2.24. The van der Waals surface area contributed by atoms with Gasteiger partial charge in [0.05, 0.1) is 23.3 Å². The molecule has 1 amide bonds. The van der Waals surface area contributed by atoms with Gasteiger partial charge < -0.3 is 14.5 Å². The monoisotopic (exact) mass is 349 g/mol. The minimum atomic E-state index is -0.270. The van der Waals surface area contributed by atoms with Crippen LogP contribution in [-0.2, 0) is 11.3 Å². The second-order valence-electron chi connectivity index (χ2n) is 4.81. The van der Waals surface area contributed by atoms with Gasteiger partial charge in [-0.05, 0) is 24.3 Å². The molecule has 2 heterocycles. The SMILES string of the molecule is O=C(COc1cc(Cl)ccc1Cl)NCc1ncc2ccccn12. The zero-order valence-electron chi connectivity index (χ0n) is 12.0. The van der Waals surface area contributed by atoms with Gasteiger partial charge in [-0.25, -0.2) is 4.98 Å². The first-order valence-corrected chi connectivity index (χ1v) is 7.64. The highest BCUT2D eigenvalue weighted by Crippen LogP contribution is 2.27. The van der Waals surface area contributed by atoms with Crippen molar-refractivity contribution >= 4 is 34.6 Å². The normalized spacial score (nSPS) is 10.7. The first kappa shape index (κ1) is 15.6. The van der Waals surface area contributed by atoms with Crippen LogP contribution in [0.1, 0.15) is 5.82 Å². The summed E-state index contributed by atoms with van der Waals surface area (Å²) in [5, 5.41) is 3.66. The number of hydrogen-bond acceptors (Lipinski definition) is 3. The first-order chi connectivity index (χ1) is 11.1. The van der Waals surface area contributed by atoms with Crippen molar-refractivity contribution in [3.05, 3.63) is 64.7 Å². The van der Waals surface area contributed by atoms with Gasteiger partial charge in [-0.15, -0.1) is 0 Å². The Morgan fingerprint density at radius 3 is 3.00 bits per heavy atom. The van der Waals surface area contributed by atoms with Gasteiger partial charge in [0.25, 0.3) is 5.91 Å². The van der Waals surface area contributed by atoms with Crippen LogP contribution < -0.4 is 10.1 Å². The summed E-state index contributed by atoms with van der Waals surface area (Å²) in [6.45, 7) is 0.160. The maximum absolute atomic E-state index is 11.9. The van der Waals surface area contributed by atoms with Crippen molar-refractivity contribution in [3.8, 4) is 5.75 Å². The predicted molar refractivity (Wildman–Crippen MR) is 89.0 cm³/mol. The number of aromatic nitrogens is 2. The lowest BCUT2D eigenvalue weighted by Crippen LogP contribution is -2.29. The third-order valence-electron chi connectivity index (χ3n) is 3.21. The molecule has 0 saturated carbocycles. The molecule has 1 N–H and O–H groups in total. The van der Waals surface area contributed by atoms with Gasteiger partial charge in [0.15, 0.2) is 6.61 Å². The van der Waals surface area contributed by atoms with E-state index in [0.29, 0.717) is 22.3 Å². The maximum Gasteiger partial charge on any atom is 0.258 e. The number of hydrogen-bond donors (Lipinski definition) is 1. The lowest BCUT2D eigenvalue weighted by Gasteiger charge is -2.09. The van der Waals surface area contributed by atoms with Gasteiger partial charge in [0.2, 0.25) is 0 Å². The molecule has 1 aromatic carbocycles. The van der Waals surface area contributed by atoms with E-state index in [4.69, 9.17) is 27.9 Å². The largest absolute Gasteiger partial charge is 0.482 e. The van der Waals surface area contributed by atoms with Crippen LogP contribution in [0.25, 0.3) is 5.52 Å². The van der Waals surface area contributed by atoms with E-state index in [2.05, 4.69) is 10.3 Å². The summed E-state index contributed by atoms with van der Waals surface area (Å²) in [6.07, 6.45) is 3.65. The molecule has 118 valence electrons. The molecule has 7 heteroatoms. The molecule has 2 aromatic heterocycles. The van der Waals surface area contributed by atoms with Gasteiger partial charge in [-0.2, -0.15) is 0 Å². The van der Waals surface area contributed by atoms with Crippen molar-refractivity contribution in [2.45, 2.75) is 6.54 Å². The summed E-state index contributed by atoms with van der Waals surface area (Å²) >= 11 is 11.8. The number of halogens is 2. The number of nitrogens with zero attached hydrogens (tertiary/aromatic N) is 2. The predicted octanol–water partition coefficient (Wildman–Crippen LogP) is 3.34. The topological polar surface area (TPSA) is 55.6 Å². The number of carbonyl (C=O) groups excluding carboxylic acids is 1. The summed E-state index contributed by atoms with van der Waals surface area (Å²) in [7, 11) is 0. The number of pyridine rings is 1. The molecule has 5 nitrogen and oxygen atoms in total. The standard InChI is InChI=1S/C16H13Cl2N3O2/c17-11-4-5-13(18)14(7-11)23-10-16(22)20-9-15-19-8-12-3-1-2-6-21(12)15/h1-8H,9-10H2,(H,20,22). The quantitative estimate of drug-likeness (QED) is 0.768. The molecule has 0 bridgehead atoms. The number of imidazole rings is 1. The summed E-state index contributed by atoms with van der Waals surface area (Å²) in [4.78, 5) is 16.2. The highest BCUT2D eigenvalue weighted by atomic mass is 35.5. The van der Waals surface area contributed by atoms with Crippen molar-refractivity contribution in [2.75, 3.05) is 6.61 Å². The number of amides is 1. The molecule has 0 fully saturated rings. The van der Waals surface area contributed by atoms with Crippen LogP contribution in [0.3, 0.4) is 0 Å². The van der Waals surface area contributed by atoms with Crippen LogP contribution in [0.15, 0.2) is 48.8 Å². The smallest absolute Gasteiger partial charge is 0.258 e. The molecule has 3 rings (SSSR count). The van der Waals surface area contributed by atoms with Gasteiger partial charge in [0, 0.05) is 17.3 Å². The van der Waals surface area contributed by atoms with E-state index in [1.165, 1.54) is 0 Å². The summed E-state index contributed by atoms with van der Waals surface area (Å²) < 4.78 is 7.29. The van der Waals surface area contributed by atoms with Crippen LogP contribution in [0, 0.1) is 0 Å². The molecular formula is C16H13Cl2N3O2. The van der Waals surface area contributed by atoms with Crippen molar-refractivity contribution in [3.63, 3.8) is 0 Å². The Kier molecular flexibility index (Phi) is 4.69. The molecule has 0 aliphatic rings. The first-order valence-electron chi connectivity index (χ1n) is 6.89. The lowest BCUT2D eigenvalue weighted by molar-refractivity contribution is -0.123. The van der Waals surface area contributed by atoms with E-state index in [0.717, 1.165) is 11.3 Å². The van der Waals surface area contributed by atoms with Crippen molar-refractivity contribution < 1.29 is 9.53 Å². The summed E-state index contributed by atoms with van der Waals surface area (Å²) in [5.74, 6) is 0.851.